The van der Waals surface area contributed by atoms with E-state index >= 15 is 0 Å². The smallest absolute Gasteiger partial charge is 0.409 e. The third-order valence-electron chi connectivity index (χ3n) is 4.08. The predicted octanol–water partition coefficient (Wildman–Crippen LogP) is 3.06. The standard InChI is InChI=1S/C17H24ClN3O3/c1-4-24-16(23)21-11-9-20(10-12-21)15(22)19-17(2,3)13-5-7-14(18)8-6-13/h5-8H,4,9-12H2,1-3H3,(H,19,22). The summed E-state index contributed by atoms with van der Waals surface area (Å²) in [5, 5.41) is 3.70. The van der Waals surface area contributed by atoms with Crippen LogP contribution in [0, 0.1) is 0 Å². The molecule has 7 heteroatoms. The van der Waals surface area contributed by atoms with Gasteiger partial charge in [0, 0.05) is 31.2 Å². The van der Waals surface area contributed by atoms with E-state index in [0.29, 0.717) is 37.8 Å². The van der Waals surface area contributed by atoms with Crippen LogP contribution in [0.4, 0.5) is 9.59 Å². The zero-order valence-electron chi connectivity index (χ0n) is 14.3. The van der Waals surface area contributed by atoms with Gasteiger partial charge in [-0.3, -0.25) is 0 Å². The Labute approximate surface area is 147 Å². The van der Waals surface area contributed by atoms with Crippen LogP contribution in [-0.4, -0.2) is 54.7 Å². The molecule has 1 aliphatic heterocycles. The molecule has 1 N–H and O–H groups in total. The van der Waals surface area contributed by atoms with Crippen LogP contribution >= 0.6 is 11.6 Å². The van der Waals surface area contributed by atoms with Crippen LogP contribution in [0.15, 0.2) is 24.3 Å². The average molecular weight is 354 g/mol. The Bertz CT molecular complexity index is 581. The largest absolute Gasteiger partial charge is 0.450 e. The molecule has 1 fully saturated rings. The molecule has 1 heterocycles. The van der Waals surface area contributed by atoms with Crippen LogP contribution in [0.25, 0.3) is 0 Å². The second-order valence-electron chi connectivity index (χ2n) is 6.24. The molecule has 132 valence electrons. The molecule has 1 aromatic rings. The predicted molar refractivity (Wildman–Crippen MR) is 93.2 cm³/mol. The van der Waals surface area contributed by atoms with Gasteiger partial charge in [-0.1, -0.05) is 23.7 Å². The molecule has 0 spiro atoms. The van der Waals surface area contributed by atoms with Crippen molar-refractivity contribution in [3.63, 3.8) is 0 Å². The molecule has 24 heavy (non-hydrogen) atoms. The fraction of sp³-hybridized carbons (Fsp3) is 0.529. The molecule has 2 rings (SSSR count). The number of hydrogen-bond donors (Lipinski definition) is 1. The summed E-state index contributed by atoms with van der Waals surface area (Å²) in [5.74, 6) is 0. The van der Waals surface area contributed by atoms with E-state index in [0.717, 1.165) is 5.56 Å². The Morgan fingerprint density at radius 2 is 1.67 bits per heavy atom. The van der Waals surface area contributed by atoms with E-state index in [9.17, 15) is 9.59 Å². The van der Waals surface area contributed by atoms with E-state index in [4.69, 9.17) is 16.3 Å². The number of carbonyl (C=O) groups excluding carboxylic acids is 2. The normalized spacial score (nSPS) is 15.2. The Hall–Kier alpha value is -1.95. The lowest BCUT2D eigenvalue weighted by Crippen LogP contribution is -2.55. The van der Waals surface area contributed by atoms with Crippen LogP contribution in [0.2, 0.25) is 5.02 Å². The van der Waals surface area contributed by atoms with Crippen molar-refractivity contribution in [2.75, 3.05) is 32.8 Å². The number of piperazine rings is 1. The number of ether oxygens (including phenoxy) is 1. The molecule has 1 aliphatic rings. The molecule has 0 unspecified atom stereocenters. The van der Waals surface area contributed by atoms with Crippen LogP contribution in [0.3, 0.4) is 0 Å². The number of hydrogen-bond acceptors (Lipinski definition) is 3. The van der Waals surface area contributed by atoms with E-state index in [1.807, 2.05) is 38.1 Å². The monoisotopic (exact) mass is 353 g/mol. The Kier molecular flexibility index (Phi) is 5.94. The maximum absolute atomic E-state index is 12.5. The fourth-order valence-corrected chi connectivity index (χ4v) is 2.72. The summed E-state index contributed by atoms with van der Waals surface area (Å²) in [6, 6.07) is 7.28. The first-order valence-corrected chi connectivity index (χ1v) is 8.46. The molecule has 1 saturated heterocycles. The summed E-state index contributed by atoms with van der Waals surface area (Å²) >= 11 is 5.91. The third kappa shape index (κ3) is 4.54. The molecule has 3 amide bonds. The van der Waals surface area contributed by atoms with Gasteiger partial charge in [-0.25, -0.2) is 9.59 Å². The number of carbonyl (C=O) groups is 2. The van der Waals surface area contributed by atoms with Crippen molar-refractivity contribution in [3.8, 4) is 0 Å². The van der Waals surface area contributed by atoms with E-state index in [2.05, 4.69) is 5.32 Å². The molecule has 0 bridgehead atoms. The van der Waals surface area contributed by atoms with Gasteiger partial charge in [0.2, 0.25) is 0 Å². The van der Waals surface area contributed by atoms with E-state index in [1.165, 1.54) is 0 Å². The summed E-state index contributed by atoms with van der Waals surface area (Å²) in [7, 11) is 0. The van der Waals surface area contributed by atoms with Crippen LogP contribution in [0.5, 0.6) is 0 Å². The molecule has 0 atom stereocenters. The molecule has 0 saturated carbocycles. The fourth-order valence-electron chi connectivity index (χ4n) is 2.59. The average Bonchev–Trinajstić information content (AvgIpc) is 2.55. The number of urea groups is 1. The first-order chi connectivity index (χ1) is 11.3. The second kappa shape index (κ2) is 7.75. The Morgan fingerprint density at radius 1 is 1.12 bits per heavy atom. The minimum Gasteiger partial charge on any atom is -0.450 e. The van der Waals surface area contributed by atoms with Gasteiger partial charge >= 0.3 is 12.1 Å². The van der Waals surface area contributed by atoms with Crippen molar-refractivity contribution in [1.82, 2.24) is 15.1 Å². The summed E-state index contributed by atoms with van der Waals surface area (Å²) in [5.41, 5.74) is 0.463. The highest BCUT2D eigenvalue weighted by atomic mass is 35.5. The zero-order valence-corrected chi connectivity index (χ0v) is 15.1. The molecular formula is C17H24ClN3O3. The molecule has 0 radical (unpaired) electrons. The summed E-state index contributed by atoms with van der Waals surface area (Å²) in [4.78, 5) is 27.5. The summed E-state index contributed by atoms with van der Waals surface area (Å²) < 4.78 is 4.98. The van der Waals surface area contributed by atoms with E-state index < -0.39 is 5.54 Å². The first-order valence-electron chi connectivity index (χ1n) is 8.08. The summed E-state index contributed by atoms with van der Waals surface area (Å²) in [6.07, 6.45) is -0.320. The highest BCUT2D eigenvalue weighted by Gasteiger charge is 2.29. The maximum Gasteiger partial charge on any atom is 0.409 e. The van der Waals surface area contributed by atoms with Gasteiger partial charge in [0.05, 0.1) is 12.1 Å². The number of benzene rings is 1. The van der Waals surface area contributed by atoms with Crippen molar-refractivity contribution in [2.45, 2.75) is 26.3 Å². The van der Waals surface area contributed by atoms with Gasteiger partial charge in [-0.2, -0.15) is 0 Å². The van der Waals surface area contributed by atoms with Gasteiger partial charge in [-0.15, -0.1) is 0 Å². The first kappa shape index (κ1) is 18.4. The number of amides is 3. The van der Waals surface area contributed by atoms with Crippen molar-refractivity contribution in [2.24, 2.45) is 0 Å². The molecular weight excluding hydrogens is 330 g/mol. The Morgan fingerprint density at radius 3 is 2.21 bits per heavy atom. The van der Waals surface area contributed by atoms with Gasteiger partial charge in [0.25, 0.3) is 0 Å². The maximum atomic E-state index is 12.5. The van der Waals surface area contributed by atoms with Crippen molar-refractivity contribution >= 4 is 23.7 Å². The number of nitrogens with one attached hydrogen (secondary N) is 1. The zero-order chi connectivity index (χ0) is 17.7. The van der Waals surface area contributed by atoms with E-state index in [-0.39, 0.29) is 12.1 Å². The lowest BCUT2D eigenvalue weighted by atomic mass is 9.94. The van der Waals surface area contributed by atoms with Gasteiger partial charge in [-0.05, 0) is 38.5 Å². The number of nitrogens with zero attached hydrogens (tertiary/aromatic N) is 2. The van der Waals surface area contributed by atoms with E-state index in [1.54, 1.807) is 16.7 Å². The highest BCUT2D eigenvalue weighted by Crippen LogP contribution is 2.22. The van der Waals surface area contributed by atoms with Crippen LogP contribution < -0.4 is 5.32 Å². The van der Waals surface area contributed by atoms with Crippen LogP contribution in [0.1, 0.15) is 26.3 Å². The van der Waals surface area contributed by atoms with Crippen molar-refractivity contribution in [3.05, 3.63) is 34.9 Å². The second-order valence-corrected chi connectivity index (χ2v) is 6.67. The molecule has 0 aliphatic carbocycles. The molecule has 0 aromatic heterocycles. The number of rotatable bonds is 3. The molecule has 6 nitrogen and oxygen atoms in total. The topological polar surface area (TPSA) is 61.9 Å². The van der Waals surface area contributed by atoms with Gasteiger partial charge in [0.1, 0.15) is 0 Å². The quantitative estimate of drug-likeness (QED) is 0.908. The van der Waals surface area contributed by atoms with Crippen molar-refractivity contribution < 1.29 is 14.3 Å². The Balaban J connectivity index is 1.91. The third-order valence-corrected chi connectivity index (χ3v) is 4.33. The van der Waals surface area contributed by atoms with Crippen LogP contribution in [-0.2, 0) is 10.3 Å². The number of halogens is 1. The molecule has 1 aromatic carbocycles. The lowest BCUT2D eigenvalue weighted by Gasteiger charge is -2.36. The lowest BCUT2D eigenvalue weighted by molar-refractivity contribution is 0.0840. The highest BCUT2D eigenvalue weighted by molar-refractivity contribution is 6.30. The SMILES string of the molecule is CCOC(=O)N1CCN(C(=O)NC(C)(C)c2ccc(Cl)cc2)CC1. The minimum atomic E-state index is -0.514. The van der Waals surface area contributed by atoms with Crippen molar-refractivity contribution in [1.29, 1.82) is 0 Å². The van der Waals surface area contributed by atoms with Gasteiger partial charge in [0.15, 0.2) is 0 Å². The summed E-state index contributed by atoms with van der Waals surface area (Å²) in [6.45, 7) is 7.96. The van der Waals surface area contributed by atoms with Gasteiger partial charge < -0.3 is 19.9 Å². The minimum absolute atomic E-state index is 0.140.